The highest BCUT2D eigenvalue weighted by atomic mass is 28.1. The number of rotatable bonds is 2. The van der Waals surface area contributed by atoms with Gasteiger partial charge in [0.15, 0.2) is 0 Å². The summed E-state index contributed by atoms with van der Waals surface area (Å²) in [6, 6.07) is 0. The van der Waals surface area contributed by atoms with Crippen molar-refractivity contribution in [1.29, 1.82) is 0 Å². The molecule has 0 N–H and O–H groups in total. The Morgan fingerprint density at radius 1 is 1.40 bits per heavy atom. The van der Waals surface area contributed by atoms with E-state index >= 15 is 0 Å². The molecule has 0 saturated carbocycles. The molecular weight excluding hydrogens is 208 g/mol. The predicted molar refractivity (Wildman–Crippen MR) is 62.9 cm³/mol. The van der Waals surface area contributed by atoms with Gasteiger partial charge >= 0.3 is 5.97 Å². The molecule has 4 heteroatoms. The van der Waals surface area contributed by atoms with E-state index in [1.54, 1.807) is 0 Å². The zero-order valence-electron chi connectivity index (χ0n) is 10.1. The number of hydrogen-bond donors (Lipinski definition) is 0. The number of hydrogen-bond acceptors (Lipinski definition) is 3. The number of ether oxygens (including phenoxy) is 2. The Labute approximate surface area is 94.3 Å². The van der Waals surface area contributed by atoms with E-state index in [1.165, 1.54) is 7.11 Å². The van der Waals surface area contributed by atoms with Crippen LogP contribution in [-0.4, -0.2) is 35.2 Å². The number of carbonyl (C=O) groups excluding carboxylic acids is 1. The van der Waals surface area contributed by atoms with Gasteiger partial charge < -0.3 is 9.47 Å². The van der Waals surface area contributed by atoms with Gasteiger partial charge in [0.05, 0.1) is 17.9 Å². The summed E-state index contributed by atoms with van der Waals surface area (Å²) in [7, 11) is 2.26. The topological polar surface area (TPSA) is 35.5 Å². The third-order valence-electron chi connectivity index (χ3n) is 2.89. The highest BCUT2D eigenvalue weighted by Gasteiger charge is 2.37. The van der Waals surface area contributed by atoms with E-state index in [1.807, 2.05) is 13.8 Å². The molecule has 0 spiro atoms. The second kappa shape index (κ2) is 4.94. The maximum Gasteiger partial charge on any atom is 0.336 e. The second-order valence-electron chi connectivity index (χ2n) is 4.40. The molecule has 1 aliphatic rings. The summed E-state index contributed by atoms with van der Waals surface area (Å²) in [4.78, 5) is 11.7. The number of carbonyl (C=O) groups is 1. The Balaban J connectivity index is 2.98. The van der Waals surface area contributed by atoms with Gasteiger partial charge in [0.25, 0.3) is 0 Å². The lowest BCUT2D eigenvalue weighted by Gasteiger charge is -2.36. The molecule has 86 valence electrons. The average molecular weight is 228 g/mol. The zero-order valence-corrected chi connectivity index (χ0v) is 12.1. The molecule has 0 aromatic rings. The van der Waals surface area contributed by atoms with E-state index in [0.29, 0.717) is 0 Å². The molecule has 0 amide bonds. The first-order chi connectivity index (χ1) is 7.01. The summed E-state index contributed by atoms with van der Waals surface area (Å²) in [6.07, 6.45) is 3.19. The number of methoxy groups -OCH3 is 1. The highest BCUT2D eigenvalue weighted by molar-refractivity contribution is 6.21. The molecule has 1 atom stereocenters. The Morgan fingerprint density at radius 3 is 2.47 bits per heavy atom. The first-order valence-electron chi connectivity index (χ1n) is 5.41. The van der Waals surface area contributed by atoms with E-state index in [9.17, 15) is 4.79 Å². The van der Waals surface area contributed by atoms with Crippen LogP contribution in [0.25, 0.3) is 0 Å². The van der Waals surface area contributed by atoms with Crippen molar-refractivity contribution in [3.63, 3.8) is 0 Å². The Morgan fingerprint density at radius 2 is 2.07 bits per heavy atom. The average Bonchev–Trinajstić information content (AvgIpc) is 2.17. The Bertz CT molecular complexity index is 274. The summed E-state index contributed by atoms with van der Waals surface area (Å²) in [5, 5.41) is -0.315. The minimum Gasteiger partial charge on any atom is -0.466 e. The summed E-state index contributed by atoms with van der Waals surface area (Å²) >= 11 is 0. The van der Waals surface area contributed by atoms with Crippen molar-refractivity contribution in [2.75, 3.05) is 13.7 Å². The van der Waals surface area contributed by atoms with Gasteiger partial charge in [-0.1, -0.05) is 5.57 Å². The Kier molecular flexibility index (Phi) is 4.10. The van der Waals surface area contributed by atoms with Crippen LogP contribution < -0.4 is 0 Å². The quantitative estimate of drug-likeness (QED) is 0.398. The molecule has 0 aromatic heterocycles. The van der Waals surface area contributed by atoms with E-state index in [-0.39, 0.29) is 11.2 Å². The van der Waals surface area contributed by atoms with Crippen molar-refractivity contribution >= 4 is 16.2 Å². The molecule has 1 heterocycles. The van der Waals surface area contributed by atoms with Crippen LogP contribution in [0.1, 0.15) is 33.1 Å². The molecule has 0 radical (unpaired) electrons. The lowest BCUT2D eigenvalue weighted by molar-refractivity contribution is -0.139. The molecule has 1 fully saturated rings. The van der Waals surface area contributed by atoms with Crippen molar-refractivity contribution in [2.45, 2.75) is 38.3 Å². The molecule has 0 aromatic carbocycles. The van der Waals surface area contributed by atoms with Crippen LogP contribution in [0.5, 0.6) is 0 Å². The van der Waals surface area contributed by atoms with Gasteiger partial charge in [-0.25, -0.2) is 4.79 Å². The van der Waals surface area contributed by atoms with Crippen molar-refractivity contribution in [3.8, 4) is 0 Å². The fourth-order valence-electron chi connectivity index (χ4n) is 2.18. The van der Waals surface area contributed by atoms with Crippen molar-refractivity contribution < 1.29 is 14.3 Å². The van der Waals surface area contributed by atoms with Crippen LogP contribution in [-0.2, 0) is 14.3 Å². The summed E-state index contributed by atoms with van der Waals surface area (Å²) in [6.45, 7) is 4.66. The summed E-state index contributed by atoms with van der Waals surface area (Å²) in [5.41, 5.74) is 1.76. The first-order valence-corrected chi connectivity index (χ1v) is 6.41. The van der Waals surface area contributed by atoms with Crippen LogP contribution in [0, 0.1) is 0 Å². The van der Waals surface area contributed by atoms with Gasteiger partial charge in [0.1, 0.15) is 0 Å². The van der Waals surface area contributed by atoms with Gasteiger partial charge in [-0.2, -0.15) is 0 Å². The fourth-order valence-corrected chi connectivity index (χ4v) is 3.44. The van der Waals surface area contributed by atoms with Gasteiger partial charge in [0, 0.05) is 16.8 Å². The molecule has 3 nitrogen and oxygen atoms in total. The molecule has 1 unspecified atom stereocenters. The monoisotopic (exact) mass is 228 g/mol. The van der Waals surface area contributed by atoms with Crippen LogP contribution in [0.2, 0.25) is 0 Å². The normalized spacial score (nSPS) is 26.1. The third kappa shape index (κ3) is 2.69. The largest absolute Gasteiger partial charge is 0.466 e. The van der Waals surface area contributed by atoms with E-state index in [4.69, 9.17) is 9.47 Å². The van der Waals surface area contributed by atoms with E-state index in [2.05, 4.69) is 0 Å². The minimum atomic E-state index is -0.315. The fraction of sp³-hybridized carbons (Fsp3) is 0.727. The SMILES string of the molecule is COC(=O)C(=C(C)C)C1([SiH3])CCCCO1. The van der Waals surface area contributed by atoms with Gasteiger partial charge in [-0.3, -0.25) is 0 Å². The molecular formula is C11H20O3Si. The first kappa shape index (κ1) is 12.5. The summed E-state index contributed by atoms with van der Waals surface area (Å²) in [5.74, 6) is -0.230. The van der Waals surface area contributed by atoms with Gasteiger partial charge in [-0.05, 0) is 33.1 Å². The standard InChI is InChI=1S/C11H20O3Si/c1-8(2)9(10(12)13-3)11(15)6-4-5-7-14-11/h4-7H2,1-3,15H3. The Hall–Kier alpha value is -0.613. The smallest absolute Gasteiger partial charge is 0.336 e. The van der Waals surface area contributed by atoms with E-state index < -0.39 is 0 Å². The zero-order chi connectivity index (χ0) is 11.5. The van der Waals surface area contributed by atoms with Crippen LogP contribution in [0.3, 0.4) is 0 Å². The summed E-state index contributed by atoms with van der Waals surface area (Å²) < 4.78 is 10.7. The van der Waals surface area contributed by atoms with Gasteiger partial charge in [-0.15, -0.1) is 0 Å². The maximum atomic E-state index is 11.7. The van der Waals surface area contributed by atoms with Crippen molar-refractivity contribution in [3.05, 3.63) is 11.1 Å². The van der Waals surface area contributed by atoms with Gasteiger partial charge in [0.2, 0.25) is 0 Å². The van der Waals surface area contributed by atoms with Crippen molar-refractivity contribution in [1.82, 2.24) is 0 Å². The molecule has 1 rings (SSSR count). The van der Waals surface area contributed by atoms with Crippen LogP contribution in [0.4, 0.5) is 0 Å². The van der Waals surface area contributed by atoms with Crippen LogP contribution >= 0.6 is 0 Å². The number of allylic oxidation sites excluding steroid dienone is 1. The molecule has 1 saturated heterocycles. The highest BCUT2D eigenvalue weighted by Crippen LogP contribution is 2.31. The van der Waals surface area contributed by atoms with E-state index in [0.717, 1.165) is 47.3 Å². The third-order valence-corrected chi connectivity index (χ3v) is 4.18. The molecule has 15 heavy (non-hydrogen) atoms. The maximum absolute atomic E-state index is 11.7. The second-order valence-corrected chi connectivity index (χ2v) is 6.02. The lowest BCUT2D eigenvalue weighted by Crippen LogP contribution is -2.42. The predicted octanol–water partition coefficient (Wildman–Crippen LogP) is 0.758. The minimum absolute atomic E-state index is 0.230. The molecule has 0 bridgehead atoms. The lowest BCUT2D eigenvalue weighted by atomic mass is 9.97. The molecule has 0 aliphatic carbocycles. The molecule has 1 aliphatic heterocycles. The van der Waals surface area contributed by atoms with Crippen molar-refractivity contribution in [2.24, 2.45) is 0 Å². The van der Waals surface area contributed by atoms with Crippen LogP contribution in [0.15, 0.2) is 11.1 Å². The number of esters is 1.